The van der Waals surface area contributed by atoms with Gasteiger partial charge in [0.25, 0.3) is 0 Å². The molecule has 0 bridgehead atoms. The lowest BCUT2D eigenvalue weighted by Gasteiger charge is -2.05. The van der Waals surface area contributed by atoms with Gasteiger partial charge in [-0.05, 0) is 34.7 Å². The van der Waals surface area contributed by atoms with Crippen LogP contribution in [0.25, 0.3) is 11.1 Å². The fraction of sp³-hybridized carbons (Fsp3) is 0.0500. The van der Waals surface area contributed by atoms with Gasteiger partial charge in [-0.1, -0.05) is 66.7 Å². The van der Waals surface area contributed by atoms with Crippen LogP contribution < -0.4 is 0 Å². The Morgan fingerprint density at radius 2 is 1.24 bits per heavy atom. The fourth-order valence-corrected chi connectivity index (χ4v) is 3.02. The van der Waals surface area contributed by atoms with E-state index in [9.17, 15) is 4.79 Å². The molecule has 21 heavy (non-hydrogen) atoms. The second kappa shape index (κ2) is 4.71. The molecule has 0 atom stereocenters. The molecule has 1 aliphatic carbocycles. The molecule has 0 heterocycles. The molecule has 1 heteroatoms. The smallest absolute Gasteiger partial charge is 0.194 e. The minimum Gasteiger partial charge on any atom is -0.289 e. The van der Waals surface area contributed by atoms with E-state index in [0.717, 1.165) is 28.7 Å². The molecule has 0 amide bonds. The first-order chi connectivity index (χ1) is 10.3. The van der Waals surface area contributed by atoms with Crippen molar-refractivity contribution < 1.29 is 4.79 Å². The van der Waals surface area contributed by atoms with Crippen molar-refractivity contribution in [2.24, 2.45) is 0 Å². The predicted molar refractivity (Wildman–Crippen MR) is 84.6 cm³/mol. The molecule has 100 valence electrons. The van der Waals surface area contributed by atoms with E-state index in [2.05, 4.69) is 24.3 Å². The Bertz CT molecular complexity index is 831. The quantitative estimate of drug-likeness (QED) is 0.524. The average molecular weight is 270 g/mol. The van der Waals surface area contributed by atoms with Gasteiger partial charge in [0.15, 0.2) is 5.78 Å². The van der Waals surface area contributed by atoms with Crippen LogP contribution >= 0.6 is 0 Å². The summed E-state index contributed by atoms with van der Waals surface area (Å²) in [6.45, 7) is 0. The first kappa shape index (κ1) is 12.1. The second-order valence-corrected chi connectivity index (χ2v) is 5.42. The minimum absolute atomic E-state index is 0.149. The number of hydrogen-bond acceptors (Lipinski definition) is 1. The summed E-state index contributed by atoms with van der Waals surface area (Å²) in [4.78, 5) is 12.5. The number of carbonyl (C=O) groups excluding carboxylic acids is 1. The van der Waals surface area contributed by atoms with Gasteiger partial charge in [0.1, 0.15) is 0 Å². The maximum Gasteiger partial charge on any atom is 0.194 e. The van der Waals surface area contributed by atoms with Gasteiger partial charge in [0.05, 0.1) is 0 Å². The number of rotatable bonds is 2. The molecule has 3 aromatic rings. The maximum atomic E-state index is 12.5. The topological polar surface area (TPSA) is 17.1 Å². The Hall–Kier alpha value is -2.67. The van der Waals surface area contributed by atoms with Crippen LogP contribution in [-0.2, 0) is 6.42 Å². The van der Waals surface area contributed by atoms with Crippen molar-refractivity contribution in [1.82, 2.24) is 0 Å². The summed E-state index contributed by atoms with van der Waals surface area (Å²) in [6, 6.07) is 24.4. The van der Waals surface area contributed by atoms with Crippen molar-refractivity contribution in [2.45, 2.75) is 6.42 Å². The first-order valence-corrected chi connectivity index (χ1v) is 7.14. The molecule has 0 N–H and O–H groups in total. The lowest BCUT2D eigenvalue weighted by atomic mass is 9.99. The SMILES string of the molecule is O=C1c2ccccc2-c2ccc(Cc3ccccc3)cc21. The van der Waals surface area contributed by atoms with Gasteiger partial charge in [-0.15, -0.1) is 0 Å². The van der Waals surface area contributed by atoms with Crippen LogP contribution in [0, 0.1) is 0 Å². The summed E-state index contributed by atoms with van der Waals surface area (Å²) in [5.74, 6) is 0.149. The van der Waals surface area contributed by atoms with Crippen molar-refractivity contribution in [1.29, 1.82) is 0 Å². The molecule has 4 rings (SSSR count). The Kier molecular flexibility index (Phi) is 2.71. The zero-order chi connectivity index (χ0) is 14.2. The van der Waals surface area contributed by atoms with Crippen LogP contribution in [0.5, 0.6) is 0 Å². The van der Waals surface area contributed by atoms with Crippen molar-refractivity contribution in [3.63, 3.8) is 0 Å². The molecule has 0 aromatic heterocycles. The Balaban J connectivity index is 1.75. The normalized spacial score (nSPS) is 12.1. The van der Waals surface area contributed by atoms with Crippen LogP contribution in [0.2, 0.25) is 0 Å². The summed E-state index contributed by atoms with van der Waals surface area (Å²) in [6.07, 6.45) is 0.859. The highest BCUT2D eigenvalue weighted by Gasteiger charge is 2.25. The molecular formula is C20H14O. The van der Waals surface area contributed by atoms with Crippen LogP contribution in [0.3, 0.4) is 0 Å². The zero-order valence-electron chi connectivity index (χ0n) is 11.5. The van der Waals surface area contributed by atoms with Crippen molar-refractivity contribution in [3.05, 3.63) is 95.1 Å². The van der Waals surface area contributed by atoms with Gasteiger partial charge in [0, 0.05) is 11.1 Å². The number of carbonyl (C=O) groups is 1. The third-order valence-electron chi connectivity index (χ3n) is 4.04. The molecule has 0 aliphatic heterocycles. The summed E-state index contributed by atoms with van der Waals surface area (Å²) in [5.41, 5.74) is 6.23. The van der Waals surface area contributed by atoms with E-state index in [1.54, 1.807) is 0 Å². The van der Waals surface area contributed by atoms with Crippen LogP contribution in [0.4, 0.5) is 0 Å². The molecule has 0 unspecified atom stereocenters. The number of ketones is 1. The molecule has 0 saturated carbocycles. The number of hydrogen-bond donors (Lipinski definition) is 0. The fourth-order valence-electron chi connectivity index (χ4n) is 3.02. The van der Waals surface area contributed by atoms with E-state index in [0.29, 0.717) is 0 Å². The van der Waals surface area contributed by atoms with Crippen LogP contribution in [0.1, 0.15) is 27.0 Å². The van der Waals surface area contributed by atoms with E-state index in [4.69, 9.17) is 0 Å². The molecule has 0 radical (unpaired) electrons. The predicted octanol–water partition coefficient (Wildman–Crippen LogP) is 4.49. The Morgan fingerprint density at radius 3 is 2.05 bits per heavy atom. The van der Waals surface area contributed by atoms with Crippen LogP contribution in [0.15, 0.2) is 72.8 Å². The molecule has 3 aromatic carbocycles. The van der Waals surface area contributed by atoms with E-state index < -0.39 is 0 Å². The van der Waals surface area contributed by atoms with E-state index in [1.165, 1.54) is 11.1 Å². The molecule has 1 aliphatic rings. The van der Waals surface area contributed by atoms with Crippen molar-refractivity contribution in [2.75, 3.05) is 0 Å². The van der Waals surface area contributed by atoms with E-state index in [-0.39, 0.29) is 5.78 Å². The van der Waals surface area contributed by atoms with E-state index in [1.807, 2.05) is 48.5 Å². The lowest BCUT2D eigenvalue weighted by Crippen LogP contribution is -1.96. The summed E-state index contributed by atoms with van der Waals surface area (Å²) in [5, 5.41) is 0. The largest absolute Gasteiger partial charge is 0.289 e. The van der Waals surface area contributed by atoms with Gasteiger partial charge < -0.3 is 0 Å². The first-order valence-electron chi connectivity index (χ1n) is 7.14. The van der Waals surface area contributed by atoms with Crippen LogP contribution in [-0.4, -0.2) is 5.78 Å². The second-order valence-electron chi connectivity index (χ2n) is 5.42. The molecular weight excluding hydrogens is 256 g/mol. The van der Waals surface area contributed by atoms with Gasteiger partial charge in [0.2, 0.25) is 0 Å². The van der Waals surface area contributed by atoms with Gasteiger partial charge in [-0.3, -0.25) is 4.79 Å². The molecule has 0 spiro atoms. The maximum absolute atomic E-state index is 12.5. The lowest BCUT2D eigenvalue weighted by molar-refractivity contribution is 0.104. The zero-order valence-corrected chi connectivity index (χ0v) is 11.5. The molecule has 1 nitrogen and oxygen atoms in total. The molecule has 0 fully saturated rings. The highest BCUT2D eigenvalue weighted by molar-refractivity contribution is 6.21. The Morgan fingerprint density at radius 1 is 0.571 bits per heavy atom. The minimum atomic E-state index is 0.149. The number of benzene rings is 3. The standard InChI is InChI=1S/C20H14O/c21-20-18-9-5-4-8-16(18)17-11-10-15(13-19(17)20)12-14-6-2-1-3-7-14/h1-11,13H,12H2. The highest BCUT2D eigenvalue weighted by atomic mass is 16.1. The highest BCUT2D eigenvalue weighted by Crippen LogP contribution is 2.36. The van der Waals surface area contributed by atoms with Gasteiger partial charge in [-0.25, -0.2) is 0 Å². The average Bonchev–Trinajstić information content (AvgIpc) is 2.82. The molecule has 0 saturated heterocycles. The number of fused-ring (bicyclic) bond motifs is 3. The van der Waals surface area contributed by atoms with E-state index >= 15 is 0 Å². The Labute approximate surface area is 123 Å². The summed E-state index contributed by atoms with van der Waals surface area (Å²) < 4.78 is 0. The van der Waals surface area contributed by atoms with Gasteiger partial charge >= 0.3 is 0 Å². The van der Waals surface area contributed by atoms with Gasteiger partial charge in [-0.2, -0.15) is 0 Å². The third-order valence-corrected chi connectivity index (χ3v) is 4.04. The third kappa shape index (κ3) is 1.98. The monoisotopic (exact) mass is 270 g/mol. The summed E-state index contributed by atoms with van der Waals surface area (Å²) >= 11 is 0. The van der Waals surface area contributed by atoms with Crippen molar-refractivity contribution >= 4 is 5.78 Å². The summed E-state index contributed by atoms with van der Waals surface area (Å²) in [7, 11) is 0. The van der Waals surface area contributed by atoms with Crippen molar-refractivity contribution in [3.8, 4) is 11.1 Å².